The van der Waals surface area contributed by atoms with Crippen molar-refractivity contribution in [1.82, 2.24) is 0 Å². The van der Waals surface area contributed by atoms with Crippen molar-refractivity contribution >= 4 is 37.3 Å². The summed E-state index contributed by atoms with van der Waals surface area (Å²) in [5.41, 5.74) is 6.83. The highest BCUT2D eigenvalue weighted by Gasteiger charge is 2.08. The molecule has 4 aromatic carbocycles. The molecule has 0 spiro atoms. The van der Waals surface area contributed by atoms with Crippen LogP contribution in [-0.4, -0.2) is 41.3 Å². The molecule has 0 fully saturated rings. The van der Waals surface area contributed by atoms with Gasteiger partial charge in [-0.2, -0.15) is 0 Å². The minimum Gasteiger partial charge on any atom is -0.433 e. The van der Waals surface area contributed by atoms with Crippen molar-refractivity contribution in [2.24, 2.45) is 0 Å². The number of para-hydroxylation sites is 2. The van der Waals surface area contributed by atoms with Crippen molar-refractivity contribution in [2.75, 3.05) is 36.9 Å². The van der Waals surface area contributed by atoms with E-state index >= 15 is 0 Å². The predicted octanol–water partition coefficient (Wildman–Crippen LogP) is 3.61. The van der Waals surface area contributed by atoms with E-state index in [-0.39, 0.29) is 0 Å². The summed E-state index contributed by atoms with van der Waals surface area (Å²) in [6.07, 6.45) is 0. The third-order valence-electron chi connectivity index (χ3n) is 5.97. The largest absolute Gasteiger partial charge is 0.433 e. The SMILES string of the molecule is B(OCCNc1ccccc1)c1ccccc1COCc1ccccc1BOCCNc1ccccc1. The molecule has 0 aromatic heterocycles. The van der Waals surface area contributed by atoms with Crippen molar-refractivity contribution in [3.05, 3.63) is 120 Å². The molecule has 0 heterocycles. The van der Waals surface area contributed by atoms with Gasteiger partial charge >= 0.3 is 15.0 Å². The molecule has 5 nitrogen and oxygen atoms in total. The molecule has 7 heteroatoms. The van der Waals surface area contributed by atoms with Crippen LogP contribution in [0.15, 0.2) is 109 Å². The zero-order valence-electron chi connectivity index (χ0n) is 21.3. The second-order valence-corrected chi connectivity index (χ2v) is 8.72. The highest BCUT2D eigenvalue weighted by molar-refractivity contribution is 6.48. The first kappa shape index (κ1) is 26.6. The zero-order valence-corrected chi connectivity index (χ0v) is 21.3. The van der Waals surface area contributed by atoms with Gasteiger partial charge in [-0.15, -0.1) is 0 Å². The van der Waals surface area contributed by atoms with E-state index in [0.717, 1.165) is 46.5 Å². The molecule has 4 aromatic rings. The molecule has 0 atom stereocenters. The maximum atomic E-state index is 6.12. The lowest BCUT2D eigenvalue weighted by molar-refractivity contribution is 0.108. The monoisotopic (exact) mass is 492 g/mol. The Morgan fingerprint density at radius 3 is 1.35 bits per heavy atom. The van der Waals surface area contributed by atoms with Gasteiger partial charge < -0.3 is 24.7 Å². The lowest BCUT2D eigenvalue weighted by atomic mass is 9.83. The fourth-order valence-corrected chi connectivity index (χ4v) is 3.96. The van der Waals surface area contributed by atoms with Crippen molar-refractivity contribution in [3.63, 3.8) is 0 Å². The Hall–Kier alpha value is -3.51. The van der Waals surface area contributed by atoms with Crippen LogP contribution in [0.2, 0.25) is 0 Å². The van der Waals surface area contributed by atoms with Gasteiger partial charge in [0.15, 0.2) is 0 Å². The number of hydrogen-bond donors (Lipinski definition) is 2. The second-order valence-electron chi connectivity index (χ2n) is 8.72. The van der Waals surface area contributed by atoms with Crippen molar-refractivity contribution in [1.29, 1.82) is 0 Å². The Morgan fingerprint density at radius 2 is 0.892 bits per heavy atom. The van der Waals surface area contributed by atoms with E-state index in [0.29, 0.717) is 41.4 Å². The van der Waals surface area contributed by atoms with Gasteiger partial charge in [0.25, 0.3) is 0 Å². The van der Waals surface area contributed by atoms with Crippen LogP contribution in [-0.2, 0) is 27.3 Å². The van der Waals surface area contributed by atoms with Crippen LogP contribution in [0.1, 0.15) is 11.1 Å². The molecular weight excluding hydrogens is 458 g/mol. The van der Waals surface area contributed by atoms with E-state index in [1.807, 2.05) is 60.7 Å². The first-order valence-corrected chi connectivity index (χ1v) is 12.8. The predicted molar refractivity (Wildman–Crippen MR) is 157 cm³/mol. The molecule has 0 aliphatic rings. The van der Waals surface area contributed by atoms with E-state index in [2.05, 4.69) is 59.2 Å². The summed E-state index contributed by atoms with van der Waals surface area (Å²) in [7, 11) is 1.13. The molecule has 0 amide bonds. The van der Waals surface area contributed by atoms with Gasteiger partial charge in [0.2, 0.25) is 0 Å². The fraction of sp³-hybridized carbons (Fsp3) is 0.200. The summed E-state index contributed by atoms with van der Waals surface area (Å²) in [6, 6.07) is 37.0. The Labute approximate surface area is 221 Å². The van der Waals surface area contributed by atoms with Gasteiger partial charge in [0.1, 0.15) is 0 Å². The number of nitrogens with one attached hydrogen (secondary N) is 2. The first-order valence-electron chi connectivity index (χ1n) is 12.8. The minimum atomic E-state index is 0.540. The van der Waals surface area contributed by atoms with Gasteiger partial charge in [0, 0.05) is 37.7 Å². The van der Waals surface area contributed by atoms with Crippen LogP contribution in [0.3, 0.4) is 0 Å². The number of ether oxygens (including phenoxy) is 1. The summed E-state index contributed by atoms with van der Waals surface area (Å²) in [6.45, 7) is 3.89. The average Bonchev–Trinajstić information content (AvgIpc) is 2.95. The highest BCUT2D eigenvalue weighted by Crippen LogP contribution is 2.06. The summed E-state index contributed by atoms with van der Waals surface area (Å²) in [5, 5.41) is 6.74. The maximum absolute atomic E-state index is 6.12. The molecule has 0 unspecified atom stereocenters. The van der Waals surface area contributed by atoms with E-state index in [1.165, 1.54) is 0 Å². The molecule has 0 aliphatic heterocycles. The van der Waals surface area contributed by atoms with Crippen molar-refractivity contribution in [2.45, 2.75) is 13.2 Å². The number of rotatable bonds is 16. The Bertz CT molecular complexity index is 1090. The summed E-state index contributed by atoms with van der Waals surface area (Å²) >= 11 is 0. The highest BCUT2D eigenvalue weighted by atomic mass is 16.5. The first-order chi connectivity index (χ1) is 18.4. The lowest BCUT2D eigenvalue weighted by Crippen LogP contribution is -2.26. The number of hydrogen-bond acceptors (Lipinski definition) is 5. The topological polar surface area (TPSA) is 51.8 Å². The van der Waals surface area contributed by atoms with Gasteiger partial charge in [-0.3, -0.25) is 0 Å². The van der Waals surface area contributed by atoms with E-state index in [4.69, 9.17) is 14.0 Å². The van der Waals surface area contributed by atoms with Gasteiger partial charge in [-0.25, -0.2) is 0 Å². The molecule has 188 valence electrons. The lowest BCUT2D eigenvalue weighted by Gasteiger charge is -2.13. The third kappa shape index (κ3) is 9.46. The van der Waals surface area contributed by atoms with Gasteiger partial charge in [-0.05, 0) is 46.3 Å². The van der Waals surface area contributed by atoms with Crippen molar-refractivity contribution < 1.29 is 14.0 Å². The second kappa shape index (κ2) is 15.6. The molecule has 0 bridgehead atoms. The van der Waals surface area contributed by atoms with Crippen LogP contribution in [0.5, 0.6) is 0 Å². The van der Waals surface area contributed by atoms with Crippen molar-refractivity contribution in [3.8, 4) is 0 Å². The number of anilines is 2. The zero-order chi connectivity index (χ0) is 25.4. The molecule has 2 N–H and O–H groups in total. The standard InChI is InChI=1S/C30H34B2N2O3/c1-3-13-27(14-4-1)33-19-21-36-31-29-17-9-7-11-25(29)23-35-24-26-12-8-10-18-30(26)32-37-22-20-34-28-15-5-2-6-16-28/h1-18,31-34H,19-24H2. The van der Waals surface area contributed by atoms with E-state index in [1.54, 1.807) is 0 Å². The molecule has 0 radical (unpaired) electrons. The molecule has 0 aliphatic carbocycles. The van der Waals surface area contributed by atoms with E-state index < -0.39 is 0 Å². The summed E-state index contributed by atoms with van der Waals surface area (Å²) < 4.78 is 18.0. The normalized spacial score (nSPS) is 10.6. The average molecular weight is 492 g/mol. The van der Waals surface area contributed by atoms with E-state index in [9.17, 15) is 0 Å². The summed E-state index contributed by atoms with van der Waals surface area (Å²) in [5.74, 6) is 0. The van der Waals surface area contributed by atoms with Gasteiger partial charge in [-0.1, -0.05) is 84.9 Å². The van der Waals surface area contributed by atoms with Crippen LogP contribution >= 0.6 is 0 Å². The fourth-order valence-electron chi connectivity index (χ4n) is 3.96. The molecule has 0 saturated heterocycles. The maximum Gasteiger partial charge on any atom is 0.309 e. The Kier molecular flexibility index (Phi) is 11.2. The van der Waals surface area contributed by atoms with Crippen LogP contribution in [0.4, 0.5) is 11.4 Å². The third-order valence-corrected chi connectivity index (χ3v) is 5.97. The van der Waals surface area contributed by atoms with Crippen LogP contribution < -0.4 is 21.6 Å². The van der Waals surface area contributed by atoms with Crippen LogP contribution in [0, 0.1) is 0 Å². The van der Waals surface area contributed by atoms with Crippen LogP contribution in [0.25, 0.3) is 0 Å². The molecule has 0 saturated carbocycles. The molecule has 37 heavy (non-hydrogen) atoms. The Morgan fingerprint density at radius 1 is 0.486 bits per heavy atom. The molecule has 4 rings (SSSR count). The number of benzene rings is 4. The molecular formula is C30H34B2N2O3. The smallest absolute Gasteiger partial charge is 0.309 e. The summed E-state index contributed by atoms with van der Waals surface area (Å²) in [4.78, 5) is 0. The van der Waals surface area contributed by atoms with Gasteiger partial charge in [0.05, 0.1) is 13.2 Å². The Balaban J connectivity index is 1.17. The minimum absolute atomic E-state index is 0.540. The quantitative estimate of drug-likeness (QED) is 0.185.